The standard InChI is InChI=1S/C15H20N2O3/c1-16(2)13(11-6-4-3-5-7-11)10-17-9-12(15(19)20)8-14(17)18/h3-7,12-13H,8-10H2,1-2H3,(H,19,20). The van der Waals surface area contributed by atoms with Gasteiger partial charge in [-0.25, -0.2) is 0 Å². The molecule has 2 atom stereocenters. The van der Waals surface area contributed by atoms with Crippen LogP contribution in [0.3, 0.4) is 0 Å². The van der Waals surface area contributed by atoms with Crippen molar-refractivity contribution in [2.45, 2.75) is 12.5 Å². The van der Waals surface area contributed by atoms with E-state index in [1.54, 1.807) is 4.90 Å². The molecule has 2 unspecified atom stereocenters. The Morgan fingerprint density at radius 1 is 1.40 bits per heavy atom. The van der Waals surface area contributed by atoms with Crippen molar-refractivity contribution in [2.24, 2.45) is 5.92 Å². The highest BCUT2D eigenvalue weighted by Crippen LogP contribution is 2.24. The minimum Gasteiger partial charge on any atom is -0.481 e. The Morgan fingerprint density at radius 2 is 2.05 bits per heavy atom. The number of carboxylic acid groups (broad SMARTS) is 1. The lowest BCUT2D eigenvalue weighted by molar-refractivity contribution is -0.141. The van der Waals surface area contributed by atoms with Crippen molar-refractivity contribution in [3.8, 4) is 0 Å². The van der Waals surface area contributed by atoms with Crippen LogP contribution in [0.5, 0.6) is 0 Å². The van der Waals surface area contributed by atoms with Crippen LogP contribution in [0.25, 0.3) is 0 Å². The maximum Gasteiger partial charge on any atom is 0.308 e. The average Bonchev–Trinajstić information content (AvgIpc) is 2.78. The summed E-state index contributed by atoms with van der Waals surface area (Å²) in [6, 6.07) is 10.0. The molecule has 1 amide bonds. The van der Waals surface area contributed by atoms with Crippen molar-refractivity contribution in [1.82, 2.24) is 9.80 Å². The Bertz CT molecular complexity index is 487. The van der Waals surface area contributed by atoms with Crippen molar-refractivity contribution in [2.75, 3.05) is 27.2 Å². The number of benzene rings is 1. The van der Waals surface area contributed by atoms with Crippen LogP contribution in [0.2, 0.25) is 0 Å². The highest BCUT2D eigenvalue weighted by molar-refractivity contribution is 5.86. The van der Waals surface area contributed by atoms with E-state index >= 15 is 0 Å². The number of amides is 1. The SMILES string of the molecule is CN(C)C(CN1CC(C(=O)O)CC1=O)c1ccccc1. The number of carbonyl (C=O) groups excluding carboxylic acids is 1. The number of nitrogens with zero attached hydrogens (tertiary/aromatic N) is 2. The molecule has 1 aromatic rings. The molecule has 5 heteroatoms. The highest BCUT2D eigenvalue weighted by Gasteiger charge is 2.35. The third kappa shape index (κ3) is 3.17. The van der Waals surface area contributed by atoms with E-state index in [0.29, 0.717) is 13.1 Å². The summed E-state index contributed by atoms with van der Waals surface area (Å²) in [6.45, 7) is 0.838. The first-order valence-electron chi connectivity index (χ1n) is 6.71. The largest absolute Gasteiger partial charge is 0.481 e. The summed E-state index contributed by atoms with van der Waals surface area (Å²) < 4.78 is 0. The number of aliphatic carboxylic acids is 1. The van der Waals surface area contributed by atoms with E-state index in [1.165, 1.54) is 0 Å². The predicted molar refractivity (Wildman–Crippen MR) is 75.2 cm³/mol. The number of rotatable bonds is 5. The molecule has 0 radical (unpaired) electrons. The van der Waals surface area contributed by atoms with E-state index in [9.17, 15) is 9.59 Å². The van der Waals surface area contributed by atoms with Crippen LogP contribution in [-0.4, -0.2) is 54.0 Å². The van der Waals surface area contributed by atoms with Crippen molar-refractivity contribution in [3.63, 3.8) is 0 Å². The maximum absolute atomic E-state index is 11.9. The first kappa shape index (κ1) is 14.5. The molecule has 0 aliphatic carbocycles. The zero-order valence-electron chi connectivity index (χ0n) is 11.8. The Hall–Kier alpha value is -1.88. The van der Waals surface area contributed by atoms with Gasteiger partial charge in [-0.05, 0) is 19.7 Å². The van der Waals surface area contributed by atoms with Gasteiger partial charge < -0.3 is 14.9 Å². The van der Waals surface area contributed by atoms with Gasteiger partial charge in [0, 0.05) is 19.5 Å². The van der Waals surface area contributed by atoms with Crippen LogP contribution >= 0.6 is 0 Å². The predicted octanol–water partition coefficient (Wildman–Crippen LogP) is 1.22. The fourth-order valence-electron chi connectivity index (χ4n) is 2.56. The summed E-state index contributed by atoms with van der Waals surface area (Å²) in [5.41, 5.74) is 1.13. The maximum atomic E-state index is 11.9. The van der Waals surface area contributed by atoms with Crippen molar-refractivity contribution >= 4 is 11.9 Å². The lowest BCUT2D eigenvalue weighted by Gasteiger charge is -2.29. The second-order valence-corrected chi connectivity index (χ2v) is 5.43. The van der Waals surface area contributed by atoms with E-state index in [0.717, 1.165) is 5.56 Å². The number of likely N-dealkylation sites (N-methyl/N-ethyl adjacent to an activating group) is 1. The molecule has 5 nitrogen and oxygen atoms in total. The fourth-order valence-corrected chi connectivity index (χ4v) is 2.56. The molecule has 1 fully saturated rings. The Balaban J connectivity index is 2.10. The van der Waals surface area contributed by atoms with Crippen molar-refractivity contribution in [1.29, 1.82) is 0 Å². The van der Waals surface area contributed by atoms with Crippen LogP contribution in [-0.2, 0) is 9.59 Å². The molecular weight excluding hydrogens is 256 g/mol. The molecule has 0 aromatic heterocycles. The fraction of sp³-hybridized carbons (Fsp3) is 0.467. The number of hydrogen-bond donors (Lipinski definition) is 1. The third-order valence-electron chi connectivity index (χ3n) is 3.76. The van der Waals surface area contributed by atoms with E-state index in [-0.39, 0.29) is 18.4 Å². The molecule has 1 saturated heterocycles. The van der Waals surface area contributed by atoms with Gasteiger partial charge in [0.15, 0.2) is 0 Å². The average molecular weight is 276 g/mol. The van der Waals surface area contributed by atoms with Gasteiger partial charge in [-0.1, -0.05) is 30.3 Å². The molecule has 2 rings (SSSR count). The molecule has 0 spiro atoms. The molecule has 0 saturated carbocycles. The molecule has 108 valence electrons. The second-order valence-electron chi connectivity index (χ2n) is 5.43. The lowest BCUT2D eigenvalue weighted by Crippen LogP contribution is -2.36. The van der Waals surface area contributed by atoms with Crippen LogP contribution < -0.4 is 0 Å². The quantitative estimate of drug-likeness (QED) is 0.878. The van der Waals surface area contributed by atoms with Gasteiger partial charge >= 0.3 is 5.97 Å². The summed E-state index contributed by atoms with van der Waals surface area (Å²) in [7, 11) is 3.93. The van der Waals surface area contributed by atoms with Gasteiger partial charge in [0.05, 0.1) is 12.0 Å². The summed E-state index contributed by atoms with van der Waals surface area (Å²) in [5, 5.41) is 9.02. The van der Waals surface area contributed by atoms with Crippen molar-refractivity contribution in [3.05, 3.63) is 35.9 Å². The smallest absolute Gasteiger partial charge is 0.308 e. The number of hydrogen-bond acceptors (Lipinski definition) is 3. The van der Waals surface area contributed by atoms with E-state index < -0.39 is 11.9 Å². The van der Waals surface area contributed by atoms with Gasteiger partial charge in [0.25, 0.3) is 0 Å². The van der Waals surface area contributed by atoms with Crippen LogP contribution in [0, 0.1) is 5.92 Å². The molecule has 1 heterocycles. The summed E-state index contributed by atoms with van der Waals surface area (Å²) >= 11 is 0. The number of carbonyl (C=O) groups is 2. The van der Waals surface area contributed by atoms with Gasteiger partial charge in [-0.2, -0.15) is 0 Å². The lowest BCUT2D eigenvalue weighted by atomic mass is 10.1. The molecule has 0 bridgehead atoms. The Kier molecular flexibility index (Phi) is 4.39. The third-order valence-corrected chi connectivity index (χ3v) is 3.76. The minimum absolute atomic E-state index is 0.0693. The number of likely N-dealkylation sites (tertiary alicyclic amines) is 1. The number of carboxylic acids is 1. The zero-order chi connectivity index (χ0) is 14.7. The summed E-state index contributed by atoms with van der Waals surface area (Å²) in [6.07, 6.45) is 0.115. The normalized spacial score (nSPS) is 20.4. The van der Waals surface area contributed by atoms with Crippen LogP contribution in [0.15, 0.2) is 30.3 Å². The minimum atomic E-state index is -0.887. The second kappa shape index (κ2) is 6.05. The topological polar surface area (TPSA) is 60.9 Å². The molecule has 1 aliphatic rings. The first-order valence-corrected chi connectivity index (χ1v) is 6.71. The molecule has 1 aromatic carbocycles. The molecule has 20 heavy (non-hydrogen) atoms. The Labute approximate surface area is 118 Å². The van der Waals surface area contributed by atoms with E-state index in [2.05, 4.69) is 4.90 Å². The Morgan fingerprint density at radius 3 is 2.55 bits per heavy atom. The van der Waals surface area contributed by atoms with Crippen LogP contribution in [0.1, 0.15) is 18.0 Å². The zero-order valence-corrected chi connectivity index (χ0v) is 11.8. The molecular formula is C15H20N2O3. The van der Waals surface area contributed by atoms with E-state index in [1.807, 2.05) is 44.4 Å². The van der Waals surface area contributed by atoms with Gasteiger partial charge in [-0.3, -0.25) is 9.59 Å². The highest BCUT2D eigenvalue weighted by atomic mass is 16.4. The van der Waals surface area contributed by atoms with E-state index in [4.69, 9.17) is 5.11 Å². The molecule has 1 aliphatic heterocycles. The monoisotopic (exact) mass is 276 g/mol. The summed E-state index contributed by atoms with van der Waals surface area (Å²) in [4.78, 5) is 26.6. The van der Waals surface area contributed by atoms with Gasteiger partial charge in [0.2, 0.25) is 5.91 Å². The summed E-state index contributed by atoms with van der Waals surface area (Å²) in [5.74, 6) is -1.52. The first-order chi connectivity index (χ1) is 9.49. The van der Waals surface area contributed by atoms with Crippen LogP contribution in [0.4, 0.5) is 0 Å². The van der Waals surface area contributed by atoms with Gasteiger partial charge in [-0.15, -0.1) is 0 Å². The van der Waals surface area contributed by atoms with Crippen molar-refractivity contribution < 1.29 is 14.7 Å². The van der Waals surface area contributed by atoms with Gasteiger partial charge in [0.1, 0.15) is 0 Å². The molecule has 1 N–H and O–H groups in total.